The van der Waals surface area contributed by atoms with E-state index in [-0.39, 0.29) is 34.8 Å². The van der Waals surface area contributed by atoms with Crippen LogP contribution in [0.2, 0.25) is 5.02 Å². The molecule has 11 nitrogen and oxygen atoms in total. The van der Waals surface area contributed by atoms with Crippen molar-refractivity contribution in [2.75, 3.05) is 83.6 Å². The molecule has 274 valence electrons. The predicted molar refractivity (Wildman–Crippen MR) is 187 cm³/mol. The second-order valence-corrected chi connectivity index (χ2v) is 14.8. The van der Waals surface area contributed by atoms with Gasteiger partial charge in [-0.25, -0.2) is 9.59 Å². The van der Waals surface area contributed by atoms with E-state index >= 15 is 0 Å². The Morgan fingerprint density at radius 1 is 0.980 bits per heavy atom. The third-order valence-corrected chi connectivity index (χ3v) is 11.6. The Morgan fingerprint density at radius 3 is 2.30 bits per heavy atom. The molecule has 0 aliphatic carbocycles. The summed E-state index contributed by atoms with van der Waals surface area (Å²) < 4.78 is 47.9. The number of carbonyl (C=O) groups excluding carboxylic acids is 3. The van der Waals surface area contributed by atoms with Crippen molar-refractivity contribution in [2.45, 2.75) is 62.9 Å². The standard InChI is InChI=1S/C34H45ClF3N7O4S/c1-39-30-26(34(36,37)38)17-22(18-27(30)35)19-29(31(46)43-8-4-24(5-9-43)42-15-13-41(2)14-16-42)49-33(48)44-10-6-25(7-11-44)45-12-3-23-20-50-21-28(23)40-32(45)47/h17-18,20-21,24-25,29,39H,3-16,19H2,1-2H3,(H,40,47)/t29-/m1/s1. The number of hydrogen-bond acceptors (Lipinski definition) is 8. The molecule has 4 amide bonds. The summed E-state index contributed by atoms with van der Waals surface area (Å²) >= 11 is 7.84. The highest BCUT2D eigenvalue weighted by Crippen LogP contribution is 2.40. The number of thiophene rings is 1. The maximum Gasteiger partial charge on any atom is 0.418 e. The molecule has 1 aromatic carbocycles. The van der Waals surface area contributed by atoms with Crippen LogP contribution in [0.15, 0.2) is 22.9 Å². The largest absolute Gasteiger partial charge is 0.436 e. The molecule has 2 N–H and O–H groups in total. The topological polar surface area (TPSA) is 101 Å². The van der Waals surface area contributed by atoms with Crippen molar-refractivity contribution in [1.29, 1.82) is 0 Å². The fourth-order valence-corrected chi connectivity index (χ4v) is 8.71. The number of halogens is 4. The van der Waals surface area contributed by atoms with Gasteiger partial charge in [0.2, 0.25) is 0 Å². The highest BCUT2D eigenvalue weighted by atomic mass is 35.5. The van der Waals surface area contributed by atoms with Crippen LogP contribution in [0.5, 0.6) is 0 Å². The van der Waals surface area contributed by atoms with Gasteiger partial charge in [-0.2, -0.15) is 13.2 Å². The SMILES string of the molecule is CNc1c(Cl)cc(C[C@@H](OC(=O)N2CCC(N3CCc4cscc4NC3=O)CC2)C(=O)N2CCC(N3CCN(C)CC3)CC2)cc1C(F)(F)F. The smallest absolute Gasteiger partial charge is 0.418 e. The first-order valence-corrected chi connectivity index (χ1v) is 18.6. The van der Waals surface area contributed by atoms with Crippen molar-refractivity contribution in [3.8, 4) is 0 Å². The van der Waals surface area contributed by atoms with E-state index in [9.17, 15) is 27.6 Å². The van der Waals surface area contributed by atoms with E-state index in [1.54, 1.807) is 16.2 Å². The molecule has 0 radical (unpaired) electrons. The van der Waals surface area contributed by atoms with Crippen LogP contribution in [-0.4, -0.2) is 134 Å². The maximum absolute atomic E-state index is 14.0. The van der Waals surface area contributed by atoms with Gasteiger partial charge in [0.15, 0.2) is 6.10 Å². The Kier molecular flexibility index (Phi) is 11.4. The molecule has 5 heterocycles. The summed E-state index contributed by atoms with van der Waals surface area (Å²) in [5.74, 6) is -0.430. The summed E-state index contributed by atoms with van der Waals surface area (Å²) in [5, 5.41) is 9.33. The molecular weight excluding hydrogens is 695 g/mol. The molecule has 0 spiro atoms. The van der Waals surface area contributed by atoms with Crippen LogP contribution in [0.1, 0.15) is 42.4 Å². The van der Waals surface area contributed by atoms with Crippen LogP contribution in [0.25, 0.3) is 0 Å². The van der Waals surface area contributed by atoms with E-state index in [1.807, 2.05) is 15.7 Å². The molecule has 16 heteroatoms. The number of likely N-dealkylation sites (N-methyl/N-ethyl adjacent to an activating group) is 1. The van der Waals surface area contributed by atoms with E-state index in [1.165, 1.54) is 18.0 Å². The highest BCUT2D eigenvalue weighted by Gasteiger charge is 2.38. The minimum Gasteiger partial charge on any atom is -0.436 e. The summed E-state index contributed by atoms with van der Waals surface area (Å²) in [5.41, 5.74) is 0.870. The van der Waals surface area contributed by atoms with Gasteiger partial charge in [-0.15, -0.1) is 11.3 Å². The normalized spacial score (nSPS) is 21.0. The lowest BCUT2D eigenvalue weighted by molar-refractivity contribution is -0.142. The maximum atomic E-state index is 14.0. The van der Waals surface area contributed by atoms with Crippen LogP contribution in [-0.2, 0) is 28.5 Å². The number of ether oxygens (including phenoxy) is 1. The number of likely N-dealkylation sites (tertiary alicyclic amines) is 2. The zero-order valence-corrected chi connectivity index (χ0v) is 30.0. The van der Waals surface area contributed by atoms with Crippen LogP contribution in [0.3, 0.4) is 0 Å². The Bertz CT molecular complexity index is 1540. The van der Waals surface area contributed by atoms with Crippen molar-refractivity contribution in [3.05, 3.63) is 44.6 Å². The average molecular weight is 740 g/mol. The number of benzene rings is 1. The quantitative estimate of drug-likeness (QED) is 0.398. The molecule has 3 saturated heterocycles. The molecule has 1 aromatic heterocycles. The van der Waals surface area contributed by atoms with Crippen molar-refractivity contribution >= 4 is 52.3 Å². The average Bonchev–Trinajstić information content (AvgIpc) is 3.47. The Hall–Kier alpha value is -3.27. The lowest BCUT2D eigenvalue weighted by atomic mass is 9.99. The van der Waals surface area contributed by atoms with E-state index in [0.717, 1.165) is 62.8 Å². The number of anilines is 2. The van der Waals surface area contributed by atoms with Gasteiger partial charge in [0, 0.05) is 89.8 Å². The Morgan fingerprint density at radius 2 is 1.64 bits per heavy atom. The second kappa shape index (κ2) is 15.5. The lowest BCUT2D eigenvalue weighted by Gasteiger charge is -2.42. The van der Waals surface area contributed by atoms with Crippen LogP contribution >= 0.6 is 22.9 Å². The first kappa shape index (κ1) is 36.5. The number of piperazine rings is 1. The predicted octanol–water partition coefficient (Wildman–Crippen LogP) is 5.30. The molecule has 4 aliphatic rings. The fourth-order valence-electron chi connectivity index (χ4n) is 7.55. The first-order valence-electron chi connectivity index (χ1n) is 17.3. The minimum absolute atomic E-state index is 0.0700. The number of nitrogens with zero attached hydrogens (tertiary/aromatic N) is 5. The molecule has 3 fully saturated rings. The van der Waals surface area contributed by atoms with Gasteiger partial charge in [-0.3, -0.25) is 9.69 Å². The molecule has 2 aromatic rings. The van der Waals surface area contributed by atoms with Gasteiger partial charge in [0.1, 0.15) is 0 Å². The summed E-state index contributed by atoms with van der Waals surface area (Å²) in [6.45, 7) is 6.04. The molecule has 0 saturated carbocycles. The number of piperidine rings is 2. The summed E-state index contributed by atoms with van der Waals surface area (Å²) in [6, 6.07) is 2.45. The van der Waals surface area contributed by atoms with Gasteiger partial charge in [0.25, 0.3) is 5.91 Å². The number of nitrogens with one attached hydrogen (secondary N) is 2. The number of alkyl halides is 3. The number of fused-ring (bicyclic) bond motifs is 1. The van der Waals surface area contributed by atoms with E-state index < -0.39 is 29.8 Å². The minimum atomic E-state index is -4.69. The second-order valence-electron chi connectivity index (χ2n) is 13.6. The third kappa shape index (κ3) is 8.27. The summed E-state index contributed by atoms with van der Waals surface area (Å²) in [4.78, 5) is 50.4. The van der Waals surface area contributed by atoms with Crippen molar-refractivity contribution in [1.82, 2.24) is 24.5 Å². The lowest BCUT2D eigenvalue weighted by Crippen LogP contribution is -2.54. The fraction of sp³-hybridized carbons (Fsp3) is 0.618. The number of urea groups is 1. The number of rotatable bonds is 7. The monoisotopic (exact) mass is 739 g/mol. The molecule has 0 bridgehead atoms. The number of hydrogen-bond donors (Lipinski definition) is 2. The zero-order valence-electron chi connectivity index (χ0n) is 28.4. The third-order valence-electron chi connectivity index (χ3n) is 10.5. The Labute approximate surface area is 299 Å². The van der Waals surface area contributed by atoms with Crippen LogP contribution in [0.4, 0.5) is 34.1 Å². The van der Waals surface area contributed by atoms with Gasteiger partial charge in [-0.05, 0) is 67.8 Å². The van der Waals surface area contributed by atoms with Gasteiger partial charge in [-0.1, -0.05) is 11.6 Å². The molecule has 0 unspecified atom stereocenters. The summed E-state index contributed by atoms with van der Waals surface area (Å²) in [7, 11) is 3.46. The molecular formula is C34H45ClF3N7O4S. The van der Waals surface area contributed by atoms with E-state index in [4.69, 9.17) is 16.3 Å². The first-order chi connectivity index (χ1) is 23.9. The van der Waals surface area contributed by atoms with Crippen molar-refractivity contribution < 1.29 is 32.3 Å². The van der Waals surface area contributed by atoms with Crippen LogP contribution < -0.4 is 10.6 Å². The van der Waals surface area contributed by atoms with Crippen molar-refractivity contribution in [2.24, 2.45) is 0 Å². The Balaban J connectivity index is 1.13. The van der Waals surface area contributed by atoms with Crippen molar-refractivity contribution in [3.63, 3.8) is 0 Å². The molecule has 6 rings (SSSR count). The van der Waals surface area contributed by atoms with E-state index in [2.05, 4.69) is 27.5 Å². The van der Waals surface area contributed by atoms with Gasteiger partial charge >= 0.3 is 18.3 Å². The molecule has 1 atom stereocenters. The highest BCUT2D eigenvalue weighted by molar-refractivity contribution is 7.08. The van der Waals surface area contributed by atoms with Gasteiger partial charge < -0.3 is 35.0 Å². The zero-order chi connectivity index (χ0) is 35.6. The van der Waals surface area contributed by atoms with Crippen LogP contribution in [0, 0.1) is 0 Å². The van der Waals surface area contributed by atoms with Gasteiger partial charge in [0.05, 0.1) is 22.0 Å². The molecule has 4 aliphatic heterocycles. The summed E-state index contributed by atoms with van der Waals surface area (Å²) in [6.07, 6.45) is -3.66. The molecule has 50 heavy (non-hydrogen) atoms. The number of carbonyl (C=O) groups is 3. The van der Waals surface area contributed by atoms with E-state index in [0.29, 0.717) is 51.6 Å². The number of amides is 4.